The fourth-order valence-electron chi connectivity index (χ4n) is 3.25. The van der Waals surface area contributed by atoms with Crippen molar-refractivity contribution in [2.45, 2.75) is 24.4 Å². The number of amides is 1. The molecule has 0 heterocycles. The molecule has 1 atom stereocenters. The third-order valence-electron chi connectivity index (χ3n) is 5.19. The molecular weight excluding hydrogens is 412 g/mol. The summed E-state index contributed by atoms with van der Waals surface area (Å²) in [6, 6.07) is 22.6. The van der Waals surface area contributed by atoms with E-state index in [1.165, 1.54) is 12.1 Å². The molecule has 0 aliphatic heterocycles. The summed E-state index contributed by atoms with van der Waals surface area (Å²) in [7, 11) is -0.488. The smallest absolute Gasteiger partial charge is 0.254 e. The molecule has 0 bridgehead atoms. The fourth-order valence-corrected chi connectivity index (χ4v) is 4.32. The fraction of sp³-hybridized carbons (Fsp3) is 0.208. The molecule has 0 aromatic heterocycles. The summed E-state index contributed by atoms with van der Waals surface area (Å²) in [4.78, 5) is 14.7. The average Bonchev–Trinajstić information content (AvgIpc) is 2.82. The molecule has 0 saturated heterocycles. The van der Waals surface area contributed by atoms with E-state index in [4.69, 9.17) is 4.74 Å². The first-order valence-corrected chi connectivity index (χ1v) is 11.4. The van der Waals surface area contributed by atoms with E-state index < -0.39 is 10.0 Å². The van der Waals surface area contributed by atoms with Gasteiger partial charge in [0.25, 0.3) is 5.91 Å². The molecule has 162 valence electrons. The number of nitrogens with one attached hydrogen (secondary N) is 1. The molecule has 0 spiro atoms. The van der Waals surface area contributed by atoms with Crippen LogP contribution < -0.4 is 9.46 Å². The van der Waals surface area contributed by atoms with Crippen LogP contribution in [-0.4, -0.2) is 33.4 Å². The van der Waals surface area contributed by atoms with Crippen molar-refractivity contribution in [3.8, 4) is 5.75 Å². The second-order valence-corrected chi connectivity index (χ2v) is 8.94. The van der Waals surface area contributed by atoms with Gasteiger partial charge in [0, 0.05) is 24.7 Å². The van der Waals surface area contributed by atoms with E-state index in [1.54, 1.807) is 31.2 Å². The number of carbonyl (C=O) groups is 1. The zero-order valence-electron chi connectivity index (χ0n) is 17.8. The van der Waals surface area contributed by atoms with Gasteiger partial charge in [-0.15, -0.1) is 0 Å². The van der Waals surface area contributed by atoms with E-state index in [2.05, 4.69) is 4.72 Å². The van der Waals surface area contributed by atoms with Crippen LogP contribution in [-0.2, 0) is 16.6 Å². The molecule has 31 heavy (non-hydrogen) atoms. The average molecular weight is 439 g/mol. The van der Waals surface area contributed by atoms with Gasteiger partial charge in [0.15, 0.2) is 0 Å². The number of para-hydroxylation sites is 1. The normalized spacial score (nSPS) is 12.2. The Morgan fingerprint density at radius 3 is 2.39 bits per heavy atom. The molecule has 1 amide bonds. The molecule has 1 N–H and O–H groups in total. The van der Waals surface area contributed by atoms with Crippen molar-refractivity contribution in [1.82, 2.24) is 9.62 Å². The van der Waals surface area contributed by atoms with Crippen LogP contribution in [0.25, 0.3) is 0 Å². The van der Waals surface area contributed by atoms with Crippen molar-refractivity contribution in [2.24, 2.45) is 0 Å². The van der Waals surface area contributed by atoms with Gasteiger partial charge in [-0.25, -0.2) is 13.1 Å². The number of carbonyl (C=O) groups excluding carboxylic acids is 1. The van der Waals surface area contributed by atoms with Gasteiger partial charge in [-0.2, -0.15) is 0 Å². The Balaban J connectivity index is 1.79. The van der Waals surface area contributed by atoms with Crippen LogP contribution in [0.2, 0.25) is 0 Å². The summed E-state index contributed by atoms with van der Waals surface area (Å²) in [5.74, 6) is 0.412. The Hall–Kier alpha value is -3.16. The Labute approximate surface area is 183 Å². The van der Waals surface area contributed by atoms with Gasteiger partial charge in [0.1, 0.15) is 5.75 Å². The van der Waals surface area contributed by atoms with E-state index in [0.29, 0.717) is 11.3 Å². The van der Waals surface area contributed by atoms with Gasteiger partial charge >= 0.3 is 0 Å². The predicted molar refractivity (Wildman–Crippen MR) is 120 cm³/mol. The van der Waals surface area contributed by atoms with Crippen LogP contribution in [0.4, 0.5) is 0 Å². The third kappa shape index (κ3) is 5.31. The summed E-state index contributed by atoms with van der Waals surface area (Å²) < 4.78 is 33.5. The Bertz CT molecular complexity index is 1150. The van der Waals surface area contributed by atoms with E-state index in [9.17, 15) is 13.2 Å². The van der Waals surface area contributed by atoms with Gasteiger partial charge < -0.3 is 9.64 Å². The van der Waals surface area contributed by atoms with Crippen LogP contribution in [0.3, 0.4) is 0 Å². The number of hydrogen-bond acceptors (Lipinski definition) is 4. The Morgan fingerprint density at radius 2 is 1.68 bits per heavy atom. The third-order valence-corrected chi connectivity index (χ3v) is 6.59. The predicted octanol–water partition coefficient (Wildman–Crippen LogP) is 4.01. The van der Waals surface area contributed by atoms with Crippen LogP contribution in [0.1, 0.15) is 34.5 Å². The van der Waals surface area contributed by atoms with Crippen molar-refractivity contribution >= 4 is 15.9 Å². The summed E-state index contributed by atoms with van der Waals surface area (Å²) in [5.41, 5.74) is 2.02. The van der Waals surface area contributed by atoms with Crippen molar-refractivity contribution < 1.29 is 17.9 Å². The maximum atomic E-state index is 13.1. The summed E-state index contributed by atoms with van der Waals surface area (Å²) in [5, 5.41) is 0. The lowest BCUT2D eigenvalue weighted by molar-refractivity contribution is 0.0741. The van der Waals surface area contributed by atoms with Crippen LogP contribution in [0.15, 0.2) is 83.8 Å². The maximum Gasteiger partial charge on any atom is 0.254 e. The minimum atomic E-state index is -3.76. The second kappa shape index (κ2) is 9.76. The number of benzene rings is 3. The van der Waals surface area contributed by atoms with Gasteiger partial charge in [-0.05, 0) is 36.8 Å². The van der Waals surface area contributed by atoms with Crippen molar-refractivity contribution in [3.05, 3.63) is 95.6 Å². The quantitative estimate of drug-likeness (QED) is 0.577. The first-order valence-electron chi connectivity index (χ1n) is 9.87. The SMILES string of the molecule is COc1ccccc1C(C)N(C)C(=O)c1cccc(S(=O)(=O)NCc2ccccc2)c1. The number of ether oxygens (including phenoxy) is 1. The monoisotopic (exact) mass is 438 g/mol. The largest absolute Gasteiger partial charge is 0.496 e. The molecule has 0 saturated carbocycles. The number of methoxy groups -OCH3 is 1. The summed E-state index contributed by atoms with van der Waals surface area (Å²) in [6.07, 6.45) is 0. The molecular formula is C24H26N2O4S. The molecule has 0 aliphatic rings. The highest BCUT2D eigenvalue weighted by atomic mass is 32.2. The number of rotatable bonds is 8. The highest BCUT2D eigenvalue weighted by Crippen LogP contribution is 2.29. The highest BCUT2D eigenvalue weighted by molar-refractivity contribution is 7.89. The van der Waals surface area contributed by atoms with Crippen LogP contribution in [0, 0.1) is 0 Å². The Morgan fingerprint density at radius 1 is 1.00 bits per heavy atom. The molecule has 0 fully saturated rings. The Kier molecular flexibility index (Phi) is 7.09. The van der Waals surface area contributed by atoms with E-state index in [0.717, 1.165) is 11.1 Å². The molecule has 3 rings (SSSR count). The first-order chi connectivity index (χ1) is 14.8. The zero-order valence-corrected chi connectivity index (χ0v) is 18.6. The van der Waals surface area contributed by atoms with Gasteiger partial charge in [-0.1, -0.05) is 54.6 Å². The highest BCUT2D eigenvalue weighted by Gasteiger charge is 2.23. The van der Waals surface area contributed by atoms with Crippen molar-refractivity contribution in [1.29, 1.82) is 0 Å². The minimum absolute atomic E-state index is 0.0487. The van der Waals surface area contributed by atoms with Gasteiger partial charge in [0.05, 0.1) is 18.0 Å². The molecule has 3 aromatic carbocycles. The molecule has 6 nitrogen and oxygen atoms in total. The standard InChI is InChI=1S/C24H26N2O4S/c1-18(22-14-7-8-15-23(22)30-3)26(2)24(27)20-12-9-13-21(16-20)31(28,29)25-17-19-10-5-4-6-11-19/h4-16,18,25H,17H2,1-3H3. The first kappa shape index (κ1) is 22.5. The summed E-state index contributed by atoms with van der Waals surface area (Å²) >= 11 is 0. The lowest BCUT2D eigenvalue weighted by atomic mass is 10.0. The van der Waals surface area contributed by atoms with E-state index >= 15 is 0 Å². The minimum Gasteiger partial charge on any atom is -0.496 e. The molecule has 3 aromatic rings. The second-order valence-electron chi connectivity index (χ2n) is 7.17. The van der Waals surface area contributed by atoms with E-state index in [-0.39, 0.29) is 23.4 Å². The summed E-state index contributed by atoms with van der Waals surface area (Å²) in [6.45, 7) is 2.07. The van der Waals surface area contributed by atoms with Gasteiger partial charge in [-0.3, -0.25) is 4.79 Å². The van der Waals surface area contributed by atoms with Crippen molar-refractivity contribution in [2.75, 3.05) is 14.2 Å². The van der Waals surface area contributed by atoms with E-state index in [1.807, 2.05) is 61.5 Å². The molecule has 1 unspecified atom stereocenters. The number of sulfonamides is 1. The molecule has 7 heteroatoms. The lowest BCUT2D eigenvalue weighted by Crippen LogP contribution is -2.30. The molecule has 0 radical (unpaired) electrons. The van der Waals surface area contributed by atoms with Gasteiger partial charge in [0.2, 0.25) is 10.0 Å². The van der Waals surface area contributed by atoms with Crippen LogP contribution in [0.5, 0.6) is 5.75 Å². The number of nitrogens with zero attached hydrogens (tertiary/aromatic N) is 1. The van der Waals surface area contributed by atoms with Crippen molar-refractivity contribution in [3.63, 3.8) is 0 Å². The van der Waals surface area contributed by atoms with Crippen LogP contribution >= 0.6 is 0 Å². The number of hydrogen-bond donors (Lipinski definition) is 1. The molecule has 0 aliphatic carbocycles. The topological polar surface area (TPSA) is 75.7 Å². The zero-order chi connectivity index (χ0) is 22.4. The lowest BCUT2D eigenvalue weighted by Gasteiger charge is -2.26. The maximum absolute atomic E-state index is 13.1.